The molecule has 1 N–H and O–H groups in total. The molecule has 5 aromatic rings. The van der Waals surface area contributed by atoms with Gasteiger partial charge in [-0.15, -0.1) is 0 Å². The predicted octanol–water partition coefficient (Wildman–Crippen LogP) is 5.10. The van der Waals surface area contributed by atoms with Crippen molar-refractivity contribution in [2.24, 2.45) is 14.1 Å². The quantitative estimate of drug-likeness (QED) is 0.236. The number of imidazole rings is 1. The number of carbonyl (C=O) groups excluding carboxylic acids is 2. The highest BCUT2D eigenvalue weighted by Crippen LogP contribution is 2.47. The highest BCUT2D eigenvalue weighted by molar-refractivity contribution is 6.01. The fourth-order valence-corrected chi connectivity index (χ4v) is 7.48. The Morgan fingerprint density at radius 1 is 0.902 bits per heavy atom. The summed E-state index contributed by atoms with van der Waals surface area (Å²) in [5.41, 5.74) is 5.27. The number of nitrogens with zero attached hydrogens (tertiary/aromatic N) is 4. The number of alkyl halides is 2. The highest BCUT2D eigenvalue weighted by Gasteiger charge is 2.44. The second-order valence-electron chi connectivity index (χ2n) is 13.2. The Morgan fingerprint density at radius 2 is 1.61 bits per heavy atom. The van der Waals surface area contributed by atoms with Gasteiger partial charge in [-0.2, -0.15) is 8.78 Å². The molecule has 7 rings (SSSR count). The molecule has 13 heteroatoms. The molecule has 264 valence electrons. The van der Waals surface area contributed by atoms with E-state index >= 15 is 8.78 Å². The third-order valence-electron chi connectivity index (χ3n) is 10.3. The third-order valence-corrected chi connectivity index (χ3v) is 10.3. The number of hydrogen-bond acceptors (Lipinski definition) is 7. The van der Waals surface area contributed by atoms with E-state index < -0.39 is 36.0 Å². The van der Waals surface area contributed by atoms with Crippen LogP contribution < -0.4 is 30.9 Å². The Morgan fingerprint density at radius 3 is 2.27 bits per heavy atom. The number of pyridine rings is 1. The molecule has 4 heterocycles. The van der Waals surface area contributed by atoms with Crippen LogP contribution in [0.3, 0.4) is 0 Å². The maximum absolute atomic E-state index is 15.9. The standard InChI is InChI=1S/C38H37F2N5O6/c1-20-21(2)36(48)42(3)17-25(20)23-15-31(50-5)26(32(16-23)51-6)18-44-19-38(39,40)27-14-22(10-11-28(27)44)24-8-7-9-29-34(24)43(4)37(49)45(29)30-12-13-33(46)41-35(30)47/h7-11,14-17,30H,12-13,18-19H2,1-6H3,(H,41,46,47). The lowest BCUT2D eigenvalue weighted by Crippen LogP contribution is -2.44. The molecule has 51 heavy (non-hydrogen) atoms. The molecule has 0 bridgehead atoms. The number of nitrogens with one attached hydrogen (secondary N) is 1. The second-order valence-corrected chi connectivity index (χ2v) is 13.2. The lowest BCUT2D eigenvalue weighted by atomic mass is 9.97. The maximum atomic E-state index is 15.9. The topological polar surface area (TPSA) is 117 Å². The Hall–Kier alpha value is -5.72. The molecular formula is C38H37F2N5O6. The second kappa shape index (κ2) is 12.3. The number of hydrogen-bond donors (Lipinski definition) is 1. The van der Waals surface area contributed by atoms with E-state index in [1.807, 2.05) is 19.1 Å². The molecule has 3 aromatic carbocycles. The lowest BCUT2D eigenvalue weighted by Gasteiger charge is -2.23. The van der Waals surface area contributed by atoms with Crippen LogP contribution in [0.5, 0.6) is 11.5 Å². The van der Waals surface area contributed by atoms with Gasteiger partial charge in [0.25, 0.3) is 11.5 Å². The number of rotatable bonds is 7. The van der Waals surface area contributed by atoms with E-state index in [4.69, 9.17) is 9.47 Å². The summed E-state index contributed by atoms with van der Waals surface area (Å²) in [7, 11) is 6.30. The van der Waals surface area contributed by atoms with Crippen molar-refractivity contribution < 1.29 is 27.8 Å². The maximum Gasteiger partial charge on any atom is 0.329 e. The van der Waals surface area contributed by atoms with E-state index in [2.05, 4.69) is 5.32 Å². The van der Waals surface area contributed by atoms with Gasteiger partial charge in [0, 0.05) is 54.7 Å². The first-order valence-electron chi connectivity index (χ1n) is 16.5. The number of halogens is 2. The van der Waals surface area contributed by atoms with E-state index in [-0.39, 0.29) is 30.5 Å². The van der Waals surface area contributed by atoms with Crippen molar-refractivity contribution in [3.63, 3.8) is 0 Å². The molecule has 0 radical (unpaired) electrons. The summed E-state index contributed by atoms with van der Waals surface area (Å²) < 4.78 is 47.7. The van der Waals surface area contributed by atoms with Gasteiger partial charge in [-0.1, -0.05) is 18.2 Å². The van der Waals surface area contributed by atoms with E-state index in [0.29, 0.717) is 50.5 Å². The Balaban J connectivity index is 1.27. The van der Waals surface area contributed by atoms with Crippen LogP contribution in [0.4, 0.5) is 14.5 Å². The highest BCUT2D eigenvalue weighted by atomic mass is 19.3. The van der Waals surface area contributed by atoms with Gasteiger partial charge in [-0.05, 0) is 67.3 Å². The minimum Gasteiger partial charge on any atom is -0.496 e. The van der Waals surface area contributed by atoms with Crippen LogP contribution in [0.1, 0.15) is 41.1 Å². The number of carbonyl (C=O) groups is 2. The summed E-state index contributed by atoms with van der Waals surface area (Å²) >= 11 is 0. The molecule has 2 aliphatic rings. The number of anilines is 1. The van der Waals surface area contributed by atoms with E-state index in [1.54, 1.807) is 62.4 Å². The largest absolute Gasteiger partial charge is 0.496 e. The predicted molar refractivity (Wildman–Crippen MR) is 189 cm³/mol. The number of aromatic nitrogens is 3. The summed E-state index contributed by atoms with van der Waals surface area (Å²) in [5, 5.41) is 2.30. The van der Waals surface area contributed by atoms with E-state index in [1.165, 1.54) is 34.0 Å². The van der Waals surface area contributed by atoms with Crippen LogP contribution in [-0.4, -0.2) is 46.3 Å². The van der Waals surface area contributed by atoms with Crippen molar-refractivity contribution in [3.8, 4) is 33.8 Å². The van der Waals surface area contributed by atoms with Crippen LogP contribution in [0, 0.1) is 13.8 Å². The smallest absolute Gasteiger partial charge is 0.329 e. The first kappa shape index (κ1) is 33.8. The van der Waals surface area contributed by atoms with Gasteiger partial charge in [-0.25, -0.2) is 4.79 Å². The molecule has 1 unspecified atom stereocenters. The molecular weight excluding hydrogens is 660 g/mol. The number of imide groups is 1. The lowest BCUT2D eigenvalue weighted by molar-refractivity contribution is -0.135. The van der Waals surface area contributed by atoms with Gasteiger partial charge in [0.05, 0.1) is 43.9 Å². The van der Waals surface area contributed by atoms with Crippen molar-refractivity contribution >= 4 is 28.5 Å². The number of ether oxygens (including phenoxy) is 2. The van der Waals surface area contributed by atoms with Crippen LogP contribution >= 0.6 is 0 Å². The fourth-order valence-electron chi connectivity index (χ4n) is 7.48. The zero-order valence-corrected chi connectivity index (χ0v) is 29.1. The molecule has 0 saturated carbocycles. The molecule has 2 aliphatic heterocycles. The van der Waals surface area contributed by atoms with Crippen molar-refractivity contribution in [1.82, 2.24) is 19.0 Å². The number of piperidine rings is 1. The Labute approximate surface area is 291 Å². The summed E-state index contributed by atoms with van der Waals surface area (Å²) in [6, 6.07) is 12.8. The molecule has 1 saturated heterocycles. The molecule has 1 atom stereocenters. The summed E-state index contributed by atoms with van der Waals surface area (Å²) in [4.78, 5) is 52.1. The van der Waals surface area contributed by atoms with Crippen molar-refractivity contribution in [2.45, 2.75) is 45.2 Å². The minimum atomic E-state index is -3.20. The minimum absolute atomic E-state index is 0.0682. The molecule has 0 spiro atoms. The normalized spacial score (nSPS) is 16.8. The first-order chi connectivity index (χ1) is 24.2. The summed E-state index contributed by atoms with van der Waals surface area (Å²) in [5.74, 6) is -3.23. The Kier molecular flexibility index (Phi) is 8.11. The molecule has 1 fully saturated rings. The van der Waals surface area contributed by atoms with Crippen LogP contribution in [0.25, 0.3) is 33.3 Å². The molecule has 2 amide bonds. The summed E-state index contributed by atoms with van der Waals surface area (Å²) in [6.45, 7) is 3.15. The van der Waals surface area contributed by atoms with Gasteiger partial charge in [-0.3, -0.25) is 28.8 Å². The number of aryl methyl sites for hydroxylation is 2. The number of amides is 2. The molecule has 2 aromatic heterocycles. The summed E-state index contributed by atoms with van der Waals surface area (Å²) in [6.07, 6.45) is 2.04. The number of para-hydroxylation sites is 1. The van der Waals surface area contributed by atoms with Crippen LogP contribution in [0.2, 0.25) is 0 Å². The average molecular weight is 698 g/mol. The average Bonchev–Trinajstić information content (AvgIpc) is 3.52. The Bertz CT molecular complexity index is 2380. The fraction of sp³-hybridized carbons (Fsp3) is 0.316. The van der Waals surface area contributed by atoms with Gasteiger partial charge in [0.15, 0.2) is 0 Å². The zero-order valence-electron chi connectivity index (χ0n) is 29.1. The molecule has 11 nitrogen and oxygen atoms in total. The van der Waals surface area contributed by atoms with Crippen LogP contribution in [0.15, 0.2) is 64.3 Å². The number of benzene rings is 3. The zero-order chi connectivity index (χ0) is 36.5. The molecule has 0 aliphatic carbocycles. The van der Waals surface area contributed by atoms with E-state index in [9.17, 15) is 19.2 Å². The van der Waals surface area contributed by atoms with Gasteiger partial charge in [0.1, 0.15) is 17.5 Å². The number of methoxy groups -OCH3 is 2. The SMILES string of the molecule is COc1cc(-c2cn(C)c(=O)c(C)c2C)cc(OC)c1CN1CC(F)(F)c2cc(-c3cccc4c3n(C)c(=O)n4C3CCC(=O)NC3=O)ccc21. The van der Waals surface area contributed by atoms with Crippen molar-refractivity contribution in [2.75, 3.05) is 25.7 Å². The van der Waals surface area contributed by atoms with E-state index in [0.717, 1.165) is 16.7 Å². The van der Waals surface area contributed by atoms with Crippen molar-refractivity contribution in [1.29, 1.82) is 0 Å². The van der Waals surface area contributed by atoms with Crippen LogP contribution in [-0.2, 0) is 36.2 Å². The third kappa shape index (κ3) is 5.38. The van der Waals surface area contributed by atoms with Crippen molar-refractivity contribution in [3.05, 3.63) is 97.8 Å². The van der Waals surface area contributed by atoms with Gasteiger partial charge >= 0.3 is 5.69 Å². The first-order valence-corrected chi connectivity index (χ1v) is 16.5. The van der Waals surface area contributed by atoms with Gasteiger partial charge in [0.2, 0.25) is 11.8 Å². The monoisotopic (exact) mass is 697 g/mol. The number of fused-ring (bicyclic) bond motifs is 2. The van der Waals surface area contributed by atoms with Gasteiger partial charge < -0.3 is 18.9 Å².